The molecule has 0 amide bonds. The second kappa shape index (κ2) is 3.73. The maximum atomic E-state index is 11.3. The van der Waals surface area contributed by atoms with Crippen molar-refractivity contribution in [3.8, 4) is 11.1 Å². The van der Waals surface area contributed by atoms with Crippen molar-refractivity contribution in [3.63, 3.8) is 0 Å². The molecule has 0 bridgehead atoms. The van der Waals surface area contributed by atoms with E-state index in [9.17, 15) is 4.79 Å². The van der Waals surface area contributed by atoms with Crippen molar-refractivity contribution in [3.05, 3.63) is 58.1 Å². The maximum Gasteiger partial charge on any atom is 0.336 e. The molecule has 1 heterocycles. The molecule has 2 aromatic rings. The molecule has 0 atom stereocenters. The van der Waals surface area contributed by atoms with Crippen molar-refractivity contribution < 1.29 is 4.42 Å². The molecule has 0 saturated heterocycles. The summed E-state index contributed by atoms with van der Waals surface area (Å²) >= 11 is 0. The van der Waals surface area contributed by atoms with E-state index < -0.39 is 0 Å². The Morgan fingerprint density at radius 3 is 2.40 bits per heavy atom. The quantitative estimate of drug-likeness (QED) is 0.708. The fourth-order valence-corrected chi connectivity index (χ4v) is 1.59. The zero-order chi connectivity index (χ0) is 10.8. The van der Waals surface area contributed by atoms with Crippen LogP contribution in [0.25, 0.3) is 11.1 Å². The predicted molar refractivity (Wildman–Crippen MR) is 59.9 cm³/mol. The maximum absolute atomic E-state index is 11.3. The fourth-order valence-electron chi connectivity index (χ4n) is 1.59. The molecule has 1 aromatic carbocycles. The van der Waals surface area contributed by atoms with Gasteiger partial charge >= 0.3 is 5.63 Å². The summed E-state index contributed by atoms with van der Waals surface area (Å²) in [6.07, 6.45) is 0. The third-order valence-corrected chi connectivity index (χ3v) is 2.53. The van der Waals surface area contributed by atoms with Gasteiger partial charge in [0, 0.05) is 6.07 Å². The molecule has 2 rings (SSSR count). The van der Waals surface area contributed by atoms with Gasteiger partial charge in [-0.3, -0.25) is 0 Å². The molecule has 0 aliphatic carbocycles. The number of rotatable bonds is 1. The number of hydrogen-bond donors (Lipinski definition) is 0. The summed E-state index contributed by atoms with van der Waals surface area (Å²) in [5.74, 6) is 0.682. The van der Waals surface area contributed by atoms with Crippen molar-refractivity contribution in [2.45, 2.75) is 13.8 Å². The van der Waals surface area contributed by atoms with Gasteiger partial charge in [-0.05, 0) is 30.5 Å². The van der Waals surface area contributed by atoms with E-state index in [1.807, 2.05) is 44.2 Å². The molecule has 0 aliphatic rings. The van der Waals surface area contributed by atoms with Gasteiger partial charge in [0.25, 0.3) is 0 Å². The number of benzene rings is 1. The smallest absolute Gasteiger partial charge is 0.336 e. The van der Waals surface area contributed by atoms with Crippen molar-refractivity contribution in [1.29, 1.82) is 0 Å². The normalized spacial score (nSPS) is 10.3. The minimum Gasteiger partial charge on any atom is -0.428 e. The van der Waals surface area contributed by atoms with E-state index in [-0.39, 0.29) is 5.63 Å². The number of hydrogen-bond acceptors (Lipinski definition) is 2. The predicted octanol–water partition coefficient (Wildman–Crippen LogP) is 2.92. The van der Waals surface area contributed by atoms with Gasteiger partial charge in [-0.1, -0.05) is 30.3 Å². The lowest BCUT2D eigenvalue weighted by atomic mass is 10.0. The van der Waals surface area contributed by atoms with Crippen LogP contribution in [0.1, 0.15) is 11.3 Å². The van der Waals surface area contributed by atoms with Gasteiger partial charge in [-0.25, -0.2) is 4.79 Å². The second-order valence-electron chi connectivity index (χ2n) is 3.53. The van der Waals surface area contributed by atoms with Gasteiger partial charge < -0.3 is 4.42 Å². The lowest BCUT2D eigenvalue weighted by molar-refractivity contribution is 0.476. The average Bonchev–Trinajstić information content (AvgIpc) is 2.24. The lowest BCUT2D eigenvalue weighted by Crippen LogP contribution is -2.01. The summed E-state index contributed by atoms with van der Waals surface area (Å²) in [5.41, 5.74) is 2.72. The van der Waals surface area contributed by atoms with E-state index >= 15 is 0 Å². The average molecular weight is 200 g/mol. The molecule has 0 N–H and O–H groups in total. The Balaban J connectivity index is 2.68. The highest BCUT2D eigenvalue weighted by Gasteiger charge is 2.06. The van der Waals surface area contributed by atoms with E-state index in [1.54, 1.807) is 0 Å². The SMILES string of the molecule is Cc1oc(=O)cc(-c2ccccc2)c1C. The van der Waals surface area contributed by atoms with Crippen LogP contribution in [0.2, 0.25) is 0 Å². The van der Waals surface area contributed by atoms with Crippen LogP contribution >= 0.6 is 0 Å². The third kappa shape index (κ3) is 1.84. The Morgan fingerprint density at radius 2 is 1.73 bits per heavy atom. The highest BCUT2D eigenvalue weighted by Crippen LogP contribution is 2.23. The van der Waals surface area contributed by atoms with Gasteiger partial charge in [-0.15, -0.1) is 0 Å². The van der Waals surface area contributed by atoms with E-state index in [0.29, 0.717) is 5.76 Å². The van der Waals surface area contributed by atoms with Crippen LogP contribution in [0, 0.1) is 13.8 Å². The van der Waals surface area contributed by atoms with Crippen LogP contribution < -0.4 is 5.63 Å². The minimum absolute atomic E-state index is 0.294. The third-order valence-electron chi connectivity index (χ3n) is 2.53. The second-order valence-corrected chi connectivity index (χ2v) is 3.53. The molecule has 2 nitrogen and oxygen atoms in total. The van der Waals surface area contributed by atoms with Crippen molar-refractivity contribution >= 4 is 0 Å². The Bertz CT molecular complexity index is 524. The van der Waals surface area contributed by atoms with Crippen LogP contribution in [0.3, 0.4) is 0 Å². The molecule has 15 heavy (non-hydrogen) atoms. The molecule has 0 fully saturated rings. The molecular formula is C13H12O2. The lowest BCUT2D eigenvalue weighted by Gasteiger charge is -2.06. The fraction of sp³-hybridized carbons (Fsp3) is 0.154. The van der Waals surface area contributed by atoms with Gasteiger partial charge in [0.15, 0.2) is 0 Å². The topological polar surface area (TPSA) is 30.2 Å². The van der Waals surface area contributed by atoms with Crippen molar-refractivity contribution in [2.75, 3.05) is 0 Å². The summed E-state index contributed by atoms with van der Waals surface area (Å²) in [6, 6.07) is 11.4. The largest absolute Gasteiger partial charge is 0.428 e. The summed E-state index contributed by atoms with van der Waals surface area (Å²) in [6.45, 7) is 3.77. The minimum atomic E-state index is -0.294. The highest BCUT2D eigenvalue weighted by molar-refractivity contribution is 5.66. The van der Waals surface area contributed by atoms with Crippen LogP contribution in [0.4, 0.5) is 0 Å². The Morgan fingerprint density at radius 1 is 1.07 bits per heavy atom. The zero-order valence-corrected chi connectivity index (χ0v) is 8.78. The van der Waals surface area contributed by atoms with Gasteiger partial charge in [0.1, 0.15) is 5.76 Å². The zero-order valence-electron chi connectivity index (χ0n) is 8.78. The number of aryl methyl sites for hydroxylation is 1. The first-order valence-electron chi connectivity index (χ1n) is 4.85. The van der Waals surface area contributed by atoms with Gasteiger partial charge in [-0.2, -0.15) is 0 Å². The van der Waals surface area contributed by atoms with Gasteiger partial charge in [0.2, 0.25) is 0 Å². The van der Waals surface area contributed by atoms with E-state index in [2.05, 4.69) is 0 Å². The van der Waals surface area contributed by atoms with Crippen LogP contribution in [-0.2, 0) is 0 Å². The first kappa shape index (κ1) is 9.71. The Kier molecular flexibility index (Phi) is 2.42. The summed E-state index contributed by atoms with van der Waals surface area (Å²) in [7, 11) is 0. The Hall–Kier alpha value is -1.83. The summed E-state index contributed by atoms with van der Waals surface area (Å²) in [4.78, 5) is 11.3. The Labute approximate surface area is 88.2 Å². The standard InChI is InChI=1S/C13H12O2/c1-9-10(2)15-13(14)8-12(9)11-6-4-3-5-7-11/h3-8H,1-2H3. The van der Waals surface area contributed by atoms with Crippen LogP contribution in [0.5, 0.6) is 0 Å². The summed E-state index contributed by atoms with van der Waals surface area (Å²) < 4.78 is 5.01. The molecule has 0 aliphatic heterocycles. The molecule has 2 heteroatoms. The molecule has 0 radical (unpaired) electrons. The summed E-state index contributed by atoms with van der Waals surface area (Å²) in [5, 5.41) is 0. The van der Waals surface area contributed by atoms with Crippen molar-refractivity contribution in [1.82, 2.24) is 0 Å². The highest BCUT2D eigenvalue weighted by atomic mass is 16.4. The first-order valence-corrected chi connectivity index (χ1v) is 4.85. The molecule has 76 valence electrons. The molecule has 1 aromatic heterocycles. The van der Waals surface area contributed by atoms with E-state index in [0.717, 1.165) is 16.7 Å². The van der Waals surface area contributed by atoms with E-state index in [4.69, 9.17) is 4.42 Å². The molecule has 0 spiro atoms. The van der Waals surface area contributed by atoms with Crippen LogP contribution in [0.15, 0.2) is 45.6 Å². The molecule has 0 unspecified atom stereocenters. The molecular weight excluding hydrogens is 188 g/mol. The first-order chi connectivity index (χ1) is 7.18. The monoisotopic (exact) mass is 200 g/mol. The van der Waals surface area contributed by atoms with Crippen molar-refractivity contribution in [2.24, 2.45) is 0 Å². The van der Waals surface area contributed by atoms with Gasteiger partial charge in [0.05, 0.1) is 0 Å². The van der Waals surface area contributed by atoms with E-state index in [1.165, 1.54) is 6.07 Å². The van der Waals surface area contributed by atoms with Crippen LogP contribution in [-0.4, -0.2) is 0 Å². The molecule has 0 saturated carbocycles.